The summed E-state index contributed by atoms with van der Waals surface area (Å²) in [6.07, 6.45) is 3.86. The zero-order valence-electron chi connectivity index (χ0n) is 37.2. The van der Waals surface area contributed by atoms with Crippen molar-refractivity contribution < 1.29 is 38.2 Å². The van der Waals surface area contributed by atoms with E-state index in [9.17, 15) is 29.2 Å². The van der Waals surface area contributed by atoms with Crippen LogP contribution in [0.5, 0.6) is 17.2 Å². The van der Waals surface area contributed by atoms with Crippen molar-refractivity contribution in [1.29, 1.82) is 5.26 Å². The largest absolute Gasteiger partial charge is 0.495 e. The Morgan fingerprint density at radius 1 is 0.889 bits per heavy atom. The van der Waals surface area contributed by atoms with E-state index < -0.39 is 29.7 Å². The molecule has 3 aromatic rings. The summed E-state index contributed by atoms with van der Waals surface area (Å²) in [6, 6.07) is 19.8. The third-order valence-corrected chi connectivity index (χ3v) is 14.2. The molecule has 2 saturated carbocycles. The molecule has 2 saturated heterocycles. The SMILES string of the molecule is COc1cc(OC2C(C)(C)C(NC(=O)c3ccc(N4CCC(CN(C(C)C)C5CC(Oc6ccc7c(c6)C(=O)N(C6CCC(=O)NC6=O)C7=O)C5)CC4)cc3)C2(C)C)ccc1C#N. The summed E-state index contributed by atoms with van der Waals surface area (Å²) in [5, 5.41) is 14.9. The number of nitriles is 1. The number of carbonyl (C=O) groups excluding carboxylic acids is 5. The van der Waals surface area contributed by atoms with E-state index in [-0.39, 0.29) is 59.0 Å². The molecule has 14 heteroatoms. The van der Waals surface area contributed by atoms with E-state index in [0.29, 0.717) is 46.4 Å². The van der Waals surface area contributed by atoms with Gasteiger partial charge in [0.2, 0.25) is 11.8 Å². The van der Waals surface area contributed by atoms with Crippen molar-refractivity contribution in [3.63, 3.8) is 0 Å². The number of nitrogens with zero attached hydrogens (tertiary/aromatic N) is 4. The minimum absolute atomic E-state index is 0.0117. The van der Waals surface area contributed by atoms with E-state index in [0.717, 1.165) is 55.9 Å². The predicted octanol–water partition coefficient (Wildman–Crippen LogP) is 6.12. The molecule has 63 heavy (non-hydrogen) atoms. The van der Waals surface area contributed by atoms with E-state index >= 15 is 0 Å². The van der Waals surface area contributed by atoms with Crippen LogP contribution in [-0.4, -0.2) is 102 Å². The summed E-state index contributed by atoms with van der Waals surface area (Å²) in [5.74, 6) is -0.0458. The summed E-state index contributed by atoms with van der Waals surface area (Å²) >= 11 is 0. The Morgan fingerprint density at radius 2 is 1.54 bits per heavy atom. The highest BCUT2D eigenvalue weighted by molar-refractivity contribution is 6.23. The quantitative estimate of drug-likeness (QED) is 0.190. The second-order valence-corrected chi connectivity index (χ2v) is 19.3. The van der Waals surface area contributed by atoms with Gasteiger partial charge in [0.1, 0.15) is 41.6 Å². The Morgan fingerprint density at radius 3 is 2.17 bits per heavy atom. The first-order valence-electron chi connectivity index (χ1n) is 22.2. The first-order chi connectivity index (χ1) is 30.0. The van der Waals surface area contributed by atoms with Gasteiger partial charge in [-0.25, -0.2) is 0 Å². The summed E-state index contributed by atoms with van der Waals surface area (Å²) in [7, 11) is 1.53. The molecule has 1 atom stereocenters. The van der Waals surface area contributed by atoms with Gasteiger partial charge in [-0.3, -0.25) is 39.1 Å². The van der Waals surface area contributed by atoms with Gasteiger partial charge in [-0.05, 0) is 93.6 Å². The number of nitrogens with one attached hydrogen (secondary N) is 2. The fraction of sp³-hybridized carbons (Fsp3) is 0.510. The third-order valence-electron chi connectivity index (χ3n) is 14.2. The van der Waals surface area contributed by atoms with Crippen molar-refractivity contribution in [2.45, 2.75) is 116 Å². The fourth-order valence-corrected chi connectivity index (χ4v) is 10.9. The number of carbonyl (C=O) groups is 5. The van der Waals surface area contributed by atoms with Crippen molar-refractivity contribution in [3.05, 3.63) is 82.9 Å². The van der Waals surface area contributed by atoms with Crippen LogP contribution in [0.3, 0.4) is 0 Å². The van der Waals surface area contributed by atoms with Crippen molar-refractivity contribution in [2.24, 2.45) is 16.7 Å². The Balaban J connectivity index is 0.796. The number of imide groups is 2. The molecular formula is C49H58N6O8. The molecule has 2 N–H and O–H groups in total. The molecule has 0 bridgehead atoms. The molecule has 3 aliphatic heterocycles. The molecule has 2 aliphatic carbocycles. The number of piperidine rings is 2. The molecule has 5 amide bonds. The third kappa shape index (κ3) is 8.23. The van der Waals surface area contributed by atoms with Crippen LogP contribution in [0.4, 0.5) is 5.69 Å². The lowest BCUT2D eigenvalue weighted by molar-refractivity contribution is -0.164. The summed E-state index contributed by atoms with van der Waals surface area (Å²) in [5.41, 5.74) is 1.92. The molecule has 3 heterocycles. The number of fused-ring (bicyclic) bond motifs is 1. The average molecular weight is 859 g/mol. The normalized spacial score (nSPS) is 25.2. The molecule has 0 radical (unpaired) electrons. The molecule has 14 nitrogen and oxygen atoms in total. The van der Waals surface area contributed by atoms with Gasteiger partial charge in [0.25, 0.3) is 17.7 Å². The second kappa shape index (κ2) is 17.0. The van der Waals surface area contributed by atoms with E-state index in [1.54, 1.807) is 36.4 Å². The van der Waals surface area contributed by atoms with Crippen LogP contribution < -0.4 is 29.7 Å². The topological polar surface area (TPSA) is 171 Å². The maximum Gasteiger partial charge on any atom is 0.262 e. The van der Waals surface area contributed by atoms with Crippen LogP contribution in [-0.2, 0) is 9.59 Å². The van der Waals surface area contributed by atoms with Crippen LogP contribution in [0.1, 0.15) is 117 Å². The first kappa shape index (κ1) is 43.7. The lowest BCUT2D eigenvalue weighted by Crippen LogP contribution is -2.74. The molecule has 4 fully saturated rings. The highest BCUT2D eigenvalue weighted by Crippen LogP contribution is 2.55. The van der Waals surface area contributed by atoms with Crippen LogP contribution in [0.2, 0.25) is 0 Å². The average Bonchev–Trinajstić information content (AvgIpc) is 3.49. The van der Waals surface area contributed by atoms with Crippen molar-refractivity contribution in [1.82, 2.24) is 20.4 Å². The van der Waals surface area contributed by atoms with Gasteiger partial charge in [-0.15, -0.1) is 0 Å². The van der Waals surface area contributed by atoms with Crippen LogP contribution in [0, 0.1) is 28.1 Å². The van der Waals surface area contributed by atoms with Gasteiger partial charge in [0.05, 0.1) is 23.8 Å². The lowest BCUT2D eigenvalue weighted by atomic mass is 9.49. The number of rotatable bonds is 13. The highest BCUT2D eigenvalue weighted by atomic mass is 16.5. The number of hydrogen-bond acceptors (Lipinski definition) is 11. The number of amides is 5. The molecular weight excluding hydrogens is 801 g/mol. The molecule has 5 aliphatic rings. The Hall–Kier alpha value is -5.94. The van der Waals surface area contributed by atoms with Crippen molar-refractivity contribution in [2.75, 3.05) is 31.6 Å². The van der Waals surface area contributed by atoms with Gasteiger partial charge in [-0.2, -0.15) is 5.26 Å². The summed E-state index contributed by atoms with van der Waals surface area (Å²) in [4.78, 5) is 70.1. The summed E-state index contributed by atoms with van der Waals surface area (Å²) < 4.78 is 18.1. The second-order valence-electron chi connectivity index (χ2n) is 19.3. The first-order valence-corrected chi connectivity index (χ1v) is 22.2. The molecule has 0 spiro atoms. The monoisotopic (exact) mass is 858 g/mol. The molecule has 1 unspecified atom stereocenters. The lowest BCUT2D eigenvalue weighted by Gasteiger charge is -2.63. The Labute approximate surface area is 369 Å². The van der Waals surface area contributed by atoms with Gasteiger partial charge in [0, 0.05) is 85.2 Å². The van der Waals surface area contributed by atoms with E-state index in [1.807, 2.05) is 12.1 Å². The highest BCUT2D eigenvalue weighted by Gasteiger charge is 2.64. The van der Waals surface area contributed by atoms with E-state index in [2.05, 4.69) is 80.2 Å². The number of ether oxygens (including phenoxy) is 3. The van der Waals surface area contributed by atoms with Crippen LogP contribution in [0.15, 0.2) is 60.7 Å². The van der Waals surface area contributed by atoms with Gasteiger partial charge in [-0.1, -0.05) is 27.7 Å². The number of hydrogen-bond donors (Lipinski definition) is 2. The zero-order valence-corrected chi connectivity index (χ0v) is 37.2. The van der Waals surface area contributed by atoms with Crippen molar-refractivity contribution in [3.8, 4) is 23.3 Å². The summed E-state index contributed by atoms with van der Waals surface area (Å²) in [6.45, 7) is 15.8. The Bertz CT molecular complexity index is 2320. The molecule has 8 rings (SSSR count). The number of benzene rings is 3. The van der Waals surface area contributed by atoms with Gasteiger partial charge >= 0.3 is 0 Å². The standard InChI is InChI=1S/C49H58N6O8/c1-28(2)54(33-22-36(23-33)62-34-14-15-37-38(24-34)45(60)55(44(37)59)39-16-17-41(56)51-43(39)58)27-29-18-20-53(21-19-29)32-11-8-30(9-12-32)42(57)52-46-48(3,4)47(49(46,5)6)63-35-13-10-31(26-50)40(25-35)61-7/h8-15,24-25,28-29,33,36,39,46-47H,16-23,27H2,1-7H3,(H,52,57)(H,51,56,58). The molecule has 3 aromatic carbocycles. The molecule has 332 valence electrons. The number of anilines is 1. The van der Waals surface area contributed by atoms with Gasteiger partial charge < -0.3 is 24.4 Å². The van der Waals surface area contributed by atoms with Crippen LogP contribution >= 0.6 is 0 Å². The number of methoxy groups -OCH3 is 1. The minimum atomic E-state index is -1.00. The van der Waals surface area contributed by atoms with E-state index in [1.165, 1.54) is 7.11 Å². The predicted molar refractivity (Wildman–Crippen MR) is 235 cm³/mol. The minimum Gasteiger partial charge on any atom is -0.495 e. The molecule has 0 aromatic heterocycles. The van der Waals surface area contributed by atoms with Crippen molar-refractivity contribution >= 4 is 35.2 Å². The van der Waals surface area contributed by atoms with E-state index in [4.69, 9.17) is 14.2 Å². The maximum absolute atomic E-state index is 13.6. The zero-order chi connectivity index (χ0) is 45.0. The van der Waals surface area contributed by atoms with Crippen LogP contribution in [0.25, 0.3) is 0 Å². The fourth-order valence-electron chi connectivity index (χ4n) is 10.9. The smallest absolute Gasteiger partial charge is 0.262 e. The van der Waals surface area contributed by atoms with Gasteiger partial charge in [0.15, 0.2) is 0 Å². The maximum atomic E-state index is 13.6. The Kier molecular flexibility index (Phi) is 11.8.